The molecule has 0 aromatic carbocycles. The van der Waals surface area contributed by atoms with Crippen LogP contribution in [-0.4, -0.2) is 24.1 Å². The minimum atomic E-state index is -1.11. The topological polar surface area (TPSA) is 60.4 Å². The van der Waals surface area contributed by atoms with Crippen LogP contribution in [0.4, 0.5) is 0 Å². The van der Waals surface area contributed by atoms with Gasteiger partial charge in [-0.05, 0) is 19.8 Å². The number of ether oxygens (including phenoxy) is 1. The molecule has 2 atom stereocenters. The smallest absolute Gasteiger partial charge is 0.314 e. The lowest BCUT2D eigenvalue weighted by Gasteiger charge is -2.36. The number of hydrogen-bond acceptors (Lipinski definition) is 4. The Kier molecular flexibility index (Phi) is 2.45. The van der Waals surface area contributed by atoms with Crippen molar-refractivity contribution in [1.29, 1.82) is 0 Å². The van der Waals surface area contributed by atoms with E-state index >= 15 is 0 Å². The predicted octanol–water partition coefficient (Wildman–Crippen LogP) is 1.13. The van der Waals surface area contributed by atoms with Crippen molar-refractivity contribution in [2.24, 2.45) is 16.2 Å². The summed E-state index contributed by atoms with van der Waals surface area (Å²) in [5.74, 6) is 0.789. The van der Waals surface area contributed by atoms with Crippen molar-refractivity contribution in [3.05, 3.63) is 0 Å². The molecule has 4 heteroatoms. The minimum absolute atomic E-state index is 0.136. The third kappa shape index (κ3) is 1.05. The predicted molar refractivity (Wildman–Crippen MR) is 63.4 cm³/mol. The van der Waals surface area contributed by atoms with Crippen LogP contribution in [0.15, 0.2) is 0 Å². The molecule has 96 valence electrons. The van der Waals surface area contributed by atoms with Crippen LogP contribution in [0.1, 0.15) is 33.6 Å². The Labute approximate surface area is 106 Å². The van der Waals surface area contributed by atoms with Gasteiger partial charge < -0.3 is 4.74 Å². The highest BCUT2D eigenvalue weighted by atomic mass is 16.5. The first-order valence-corrected chi connectivity index (χ1v) is 5.95. The number of carbonyl (C=O) groups excluding carboxylic acids is 3. The average molecular weight is 248 g/mol. The molecule has 2 aliphatic rings. The van der Waals surface area contributed by atoms with Gasteiger partial charge in [-0.1, -0.05) is 19.8 Å². The van der Waals surface area contributed by atoms with Gasteiger partial charge in [0, 0.05) is 0 Å². The fraction of sp³-hybridized carbons (Fsp3) is 0.643. The zero-order valence-electron chi connectivity index (χ0n) is 10.8. The van der Waals surface area contributed by atoms with Gasteiger partial charge in [-0.15, -0.1) is 6.42 Å². The van der Waals surface area contributed by atoms with Gasteiger partial charge in [0.2, 0.25) is 11.6 Å². The summed E-state index contributed by atoms with van der Waals surface area (Å²) >= 11 is 0. The van der Waals surface area contributed by atoms with Crippen LogP contribution in [0, 0.1) is 28.6 Å². The average Bonchev–Trinajstić information content (AvgIpc) is 2.62. The standard InChI is InChI=1S/C14H16O4/c1-5-8-18-11(17)14(4)12(2)6-7-13(14,3)10(16)9(12)15/h1H,6-8H2,2-4H3. The van der Waals surface area contributed by atoms with E-state index in [1.165, 1.54) is 0 Å². The highest BCUT2D eigenvalue weighted by molar-refractivity contribution is 6.45. The summed E-state index contributed by atoms with van der Waals surface area (Å²) in [5, 5.41) is 0. The van der Waals surface area contributed by atoms with E-state index in [4.69, 9.17) is 11.2 Å². The van der Waals surface area contributed by atoms with Crippen LogP contribution in [0.3, 0.4) is 0 Å². The molecule has 0 amide bonds. The van der Waals surface area contributed by atoms with Crippen LogP contribution in [0.25, 0.3) is 0 Å². The number of esters is 1. The monoisotopic (exact) mass is 248 g/mol. The summed E-state index contributed by atoms with van der Waals surface area (Å²) < 4.78 is 5.01. The van der Waals surface area contributed by atoms with Crippen LogP contribution >= 0.6 is 0 Å². The maximum absolute atomic E-state index is 12.3. The van der Waals surface area contributed by atoms with Crippen molar-refractivity contribution >= 4 is 17.5 Å². The Bertz CT molecular complexity index is 470. The molecule has 0 heterocycles. The molecule has 2 rings (SSSR count). The molecule has 4 nitrogen and oxygen atoms in total. The molecule has 0 spiro atoms. The second-order valence-electron chi connectivity index (χ2n) is 5.73. The second-order valence-corrected chi connectivity index (χ2v) is 5.73. The van der Waals surface area contributed by atoms with Gasteiger partial charge in [0.05, 0.1) is 16.2 Å². The van der Waals surface area contributed by atoms with Crippen molar-refractivity contribution in [2.45, 2.75) is 33.6 Å². The van der Waals surface area contributed by atoms with Gasteiger partial charge in [-0.25, -0.2) is 0 Å². The Balaban J connectivity index is 2.50. The van der Waals surface area contributed by atoms with Crippen LogP contribution in [0.2, 0.25) is 0 Å². The van der Waals surface area contributed by atoms with E-state index in [-0.39, 0.29) is 6.61 Å². The second kappa shape index (κ2) is 3.44. The van der Waals surface area contributed by atoms with Crippen LogP contribution < -0.4 is 0 Å². The summed E-state index contributed by atoms with van der Waals surface area (Å²) in [6.07, 6.45) is 6.14. The van der Waals surface area contributed by atoms with Gasteiger partial charge in [0.25, 0.3) is 0 Å². The van der Waals surface area contributed by atoms with E-state index in [9.17, 15) is 14.4 Å². The number of Topliss-reactive ketones (excluding diaryl/α,β-unsaturated/α-hetero) is 2. The molecule has 0 aromatic heterocycles. The quantitative estimate of drug-likeness (QED) is 0.417. The van der Waals surface area contributed by atoms with Crippen molar-refractivity contribution in [3.8, 4) is 12.3 Å². The number of ketones is 2. The first-order chi connectivity index (χ1) is 8.25. The molecule has 2 aliphatic carbocycles. The summed E-state index contributed by atoms with van der Waals surface area (Å²) in [6, 6.07) is 0. The summed E-state index contributed by atoms with van der Waals surface area (Å²) in [5.41, 5.74) is -3.01. The first kappa shape index (κ1) is 12.8. The van der Waals surface area contributed by atoms with Crippen LogP contribution in [-0.2, 0) is 19.1 Å². The maximum atomic E-state index is 12.3. The lowest BCUT2D eigenvalue weighted by Crippen LogP contribution is -2.46. The molecule has 2 fully saturated rings. The zero-order chi connectivity index (χ0) is 13.8. The summed E-state index contributed by atoms with van der Waals surface area (Å²) in [6.45, 7) is 4.88. The third-order valence-corrected chi connectivity index (χ3v) is 5.24. The molecule has 0 aromatic rings. The zero-order valence-corrected chi connectivity index (χ0v) is 10.8. The number of hydrogen-bond donors (Lipinski definition) is 0. The normalized spacial score (nSPS) is 41.9. The molecular weight excluding hydrogens is 232 g/mol. The first-order valence-electron chi connectivity index (χ1n) is 5.95. The van der Waals surface area contributed by atoms with E-state index in [0.29, 0.717) is 12.8 Å². The fourth-order valence-electron chi connectivity index (χ4n) is 3.49. The van der Waals surface area contributed by atoms with Gasteiger partial charge in [0.15, 0.2) is 6.61 Å². The molecular formula is C14H16O4. The number of rotatable bonds is 2. The Morgan fingerprint density at radius 1 is 1.22 bits per heavy atom. The lowest BCUT2D eigenvalue weighted by atomic mass is 9.64. The van der Waals surface area contributed by atoms with Gasteiger partial charge in [-0.3, -0.25) is 14.4 Å². The highest BCUT2D eigenvalue weighted by Gasteiger charge is 2.78. The number of terminal acetylenes is 1. The number of fused-ring (bicyclic) bond motifs is 2. The van der Waals surface area contributed by atoms with Crippen LogP contribution in [0.5, 0.6) is 0 Å². The third-order valence-electron chi connectivity index (χ3n) is 5.24. The van der Waals surface area contributed by atoms with Gasteiger partial charge in [-0.2, -0.15) is 0 Å². The highest BCUT2D eigenvalue weighted by Crippen LogP contribution is 2.69. The Morgan fingerprint density at radius 2 is 1.67 bits per heavy atom. The molecule has 0 saturated heterocycles. The van der Waals surface area contributed by atoms with Crippen molar-refractivity contribution in [3.63, 3.8) is 0 Å². The SMILES string of the molecule is C#CCOC(=O)C1(C)C2(C)CCC1(C)C(=O)C2=O. The van der Waals surface area contributed by atoms with Gasteiger partial charge in [0.1, 0.15) is 0 Å². The maximum Gasteiger partial charge on any atom is 0.314 e. The molecule has 0 N–H and O–H groups in total. The van der Waals surface area contributed by atoms with Crippen molar-refractivity contribution in [2.75, 3.05) is 6.61 Å². The van der Waals surface area contributed by atoms with E-state index in [1.54, 1.807) is 20.8 Å². The van der Waals surface area contributed by atoms with E-state index in [1.807, 2.05) is 0 Å². The van der Waals surface area contributed by atoms with Crippen molar-refractivity contribution < 1.29 is 19.1 Å². The summed E-state index contributed by atoms with van der Waals surface area (Å²) in [7, 11) is 0. The Morgan fingerprint density at radius 3 is 2.06 bits per heavy atom. The summed E-state index contributed by atoms with van der Waals surface area (Å²) in [4.78, 5) is 36.4. The lowest BCUT2D eigenvalue weighted by molar-refractivity contribution is -0.165. The molecule has 0 radical (unpaired) electrons. The van der Waals surface area contributed by atoms with E-state index in [0.717, 1.165) is 0 Å². The number of carbonyl (C=O) groups is 3. The minimum Gasteiger partial charge on any atom is -0.452 e. The molecule has 2 bridgehead atoms. The fourth-order valence-corrected chi connectivity index (χ4v) is 3.49. The molecule has 18 heavy (non-hydrogen) atoms. The van der Waals surface area contributed by atoms with Crippen molar-refractivity contribution in [1.82, 2.24) is 0 Å². The Hall–Kier alpha value is -1.63. The van der Waals surface area contributed by atoms with E-state index in [2.05, 4.69) is 5.92 Å². The van der Waals surface area contributed by atoms with E-state index < -0.39 is 33.8 Å². The van der Waals surface area contributed by atoms with Gasteiger partial charge >= 0.3 is 5.97 Å². The molecule has 2 unspecified atom stereocenters. The molecule has 2 saturated carbocycles. The molecule has 0 aliphatic heterocycles. The largest absolute Gasteiger partial charge is 0.452 e.